The highest BCUT2D eigenvalue weighted by Gasteiger charge is 2.31. The number of benzene rings is 10. The lowest BCUT2D eigenvalue weighted by molar-refractivity contribution is 1.50. The molecular formula is C53H34. The standard InChI is InChI=1S/C53H34/c1-33-19-20-37-30-38(22-21-36(37)29-33)39-23-24-41-32-42(26-25-40(41)31-39)43-27-28-48-51-44(43)17-10-18-47(51)52-49(34-11-4-2-5-12-34)45-15-8-9-16-46(45)50(53(48)52)35-13-6-3-7-14-35/h2-32H,1H3. The van der Waals surface area contributed by atoms with Gasteiger partial charge in [-0.1, -0.05) is 175 Å². The molecule has 0 fully saturated rings. The van der Waals surface area contributed by atoms with E-state index in [0.717, 1.165) is 0 Å². The number of hydrogen-bond acceptors (Lipinski definition) is 0. The molecule has 11 rings (SSSR count). The van der Waals surface area contributed by atoms with Crippen LogP contribution in [0.3, 0.4) is 0 Å². The molecule has 0 bridgehead atoms. The molecule has 0 saturated heterocycles. The highest BCUT2D eigenvalue weighted by Crippen LogP contribution is 2.58. The summed E-state index contributed by atoms with van der Waals surface area (Å²) in [4.78, 5) is 0. The fourth-order valence-corrected chi connectivity index (χ4v) is 9.00. The number of rotatable bonds is 4. The van der Waals surface area contributed by atoms with E-state index >= 15 is 0 Å². The predicted molar refractivity (Wildman–Crippen MR) is 227 cm³/mol. The monoisotopic (exact) mass is 670 g/mol. The Balaban J connectivity index is 1.11. The topological polar surface area (TPSA) is 0 Å². The average Bonchev–Trinajstić information content (AvgIpc) is 3.54. The Morgan fingerprint density at radius 3 is 1.32 bits per heavy atom. The first-order valence-electron chi connectivity index (χ1n) is 18.5. The molecule has 53 heavy (non-hydrogen) atoms. The predicted octanol–water partition coefficient (Wildman–Crippen LogP) is 14.9. The molecule has 0 N–H and O–H groups in total. The van der Waals surface area contributed by atoms with Gasteiger partial charge in [-0.05, 0) is 135 Å². The normalized spacial score (nSPS) is 11.9. The van der Waals surface area contributed by atoms with Gasteiger partial charge in [-0.25, -0.2) is 0 Å². The van der Waals surface area contributed by atoms with Crippen LogP contribution in [0.5, 0.6) is 0 Å². The summed E-state index contributed by atoms with van der Waals surface area (Å²) in [6.07, 6.45) is 0. The van der Waals surface area contributed by atoms with Crippen molar-refractivity contribution in [1.29, 1.82) is 0 Å². The quantitative estimate of drug-likeness (QED) is 0.175. The molecule has 0 aliphatic heterocycles. The molecular weight excluding hydrogens is 637 g/mol. The molecule has 0 spiro atoms. The molecule has 1 aliphatic carbocycles. The molecule has 246 valence electrons. The van der Waals surface area contributed by atoms with Gasteiger partial charge < -0.3 is 0 Å². The summed E-state index contributed by atoms with van der Waals surface area (Å²) < 4.78 is 0. The van der Waals surface area contributed by atoms with Gasteiger partial charge in [0.25, 0.3) is 0 Å². The molecule has 0 amide bonds. The minimum atomic E-state index is 1.24. The van der Waals surface area contributed by atoms with E-state index in [1.807, 2.05) is 0 Å². The van der Waals surface area contributed by atoms with Crippen molar-refractivity contribution in [2.75, 3.05) is 0 Å². The van der Waals surface area contributed by atoms with Crippen LogP contribution in [-0.2, 0) is 0 Å². The van der Waals surface area contributed by atoms with Gasteiger partial charge in [0.2, 0.25) is 0 Å². The van der Waals surface area contributed by atoms with Crippen molar-refractivity contribution in [1.82, 2.24) is 0 Å². The smallest absolute Gasteiger partial charge is 0.000741 e. The summed E-state index contributed by atoms with van der Waals surface area (Å²) in [7, 11) is 0. The minimum absolute atomic E-state index is 1.24. The fourth-order valence-electron chi connectivity index (χ4n) is 9.00. The van der Waals surface area contributed by atoms with Crippen molar-refractivity contribution in [2.45, 2.75) is 6.92 Å². The van der Waals surface area contributed by atoms with Crippen LogP contribution < -0.4 is 0 Å². The molecule has 0 radical (unpaired) electrons. The van der Waals surface area contributed by atoms with Gasteiger partial charge in [-0.3, -0.25) is 0 Å². The fraction of sp³-hybridized carbons (Fsp3) is 0.0189. The third-order valence-electron chi connectivity index (χ3n) is 11.4. The van der Waals surface area contributed by atoms with Crippen LogP contribution in [0.25, 0.3) is 110 Å². The van der Waals surface area contributed by atoms with Crippen LogP contribution in [0.1, 0.15) is 5.56 Å². The molecule has 10 aromatic carbocycles. The van der Waals surface area contributed by atoms with E-state index in [0.29, 0.717) is 0 Å². The summed E-state index contributed by atoms with van der Waals surface area (Å²) in [5.41, 5.74) is 16.7. The second-order valence-corrected chi connectivity index (χ2v) is 14.5. The molecule has 0 heterocycles. The number of aryl methyl sites for hydroxylation is 1. The highest BCUT2D eigenvalue weighted by atomic mass is 14.3. The Morgan fingerprint density at radius 2 is 0.717 bits per heavy atom. The maximum Gasteiger partial charge on any atom is -0.000741 e. The second-order valence-electron chi connectivity index (χ2n) is 14.5. The molecule has 0 aromatic heterocycles. The average molecular weight is 671 g/mol. The van der Waals surface area contributed by atoms with Crippen LogP contribution in [0, 0.1) is 6.92 Å². The van der Waals surface area contributed by atoms with Gasteiger partial charge in [0, 0.05) is 0 Å². The van der Waals surface area contributed by atoms with Crippen LogP contribution in [0.2, 0.25) is 0 Å². The molecule has 0 unspecified atom stereocenters. The van der Waals surface area contributed by atoms with Crippen molar-refractivity contribution in [3.63, 3.8) is 0 Å². The summed E-state index contributed by atoms with van der Waals surface area (Å²) in [5, 5.41) is 10.3. The van der Waals surface area contributed by atoms with Crippen molar-refractivity contribution in [2.24, 2.45) is 0 Å². The summed E-state index contributed by atoms with van der Waals surface area (Å²) >= 11 is 0. The maximum absolute atomic E-state index is 2.39. The Kier molecular flexibility index (Phi) is 6.57. The van der Waals surface area contributed by atoms with Gasteiger partial charge in [-0.15, -0.1) is 0 Å². The van der Waals surface area contributed by atoms with E-state index < -0.39 is 0 Å². The first-order valence-corrected chi connectivity index (χ1v) is 18.5. The van der Waals surface area contributed by atoms with E-state index in [-0.39, 0.29) is 0 Å². The van der Waals surface area contributed by atoms with Crippen molar-refractivity contribution >= 4 is 43.1 Å². The molecule has 1 aliphatic rings. The first-order chi connectivity index (χ1) is 26.2. The SMILES string of the molecule is Cc1ccc2cc(-c3ccc4cc(-c5ccc6c7c(cccc57)-c5c-6c(-c6ccccc6)c6ccccc6c5-c5ccccc5)ccc4c3)ccc2c1. The van der Waals surface area contributed by atoms with E-state index in [1.54, 1.807) is 0 Å². The van der Waals surface area contributed by atoms with Crippen LogP contribution in [0.4, 0.5) is 0 Å². The summed E-state index contributed by atoms with van der Waals surface area (Å²) in [6, 6.07) is 69.9. The summed E-state index contributed by atoms with van der Waals surface area (Å²) in [5.74, 6) is 0. The van der Waals surface area contributed by atoms with E-state index in [9.17, 15) is 0 Å². The van der Waals surface area contributed by atoms with Crippen LogP contribution in [0.15, 0.2) is 188 Å². The van der Waals surface area contributed by atoms with Gasteiger partial charge in [-0.2, -0.15) is 0 Å². The summed E-state index contributed by atoms with van der Waals surface area (Å²) in [6.45, 7) is 2.15. The van der Waals surface area contributed by atoms with E-state index in [2.05, 4.69) is 195 Å². The zero-order valence-corrected chi connectivity index (χ0v) is 29.4. The minimum Gasteiger partial charge on any atom is -0.0622 e. The highest BCUT2D eigenvalue weighted by molar-refractivity contribution is 6.28. The maximum atomic E-state index is 2.39. The van der Waals surface area contributed by atoms with Gasteiger partial charge in [0.1, 0.15) is 0 Å². The van der Waals surface area contributed by atoms with E-state index in [1.165, 1.54) is 115 Å². The molecule has 0 heteroatoms. The number of fused-ring (bicyclic) bond motifs is 6. The molecule has 0 atom stereocenters. The van der Waals surface area contributed by atoms with Crippen LogP contribution in [-0.4, -0.2) is 0 Å². The Morgan fingerprint density at radius 1 is 0.264 bits per heavy atom. The third kappa shape index (κ3) is 4.62. The third-order valence-corrected chi connectivity index (χ3v) is 11.4. The van der Waals surface area contributed by atoms with E-state index in [4.69, 9.17) is 0 Å². The molecule has 0 saturated carbocycles. The zero-order chi connectivity index (χ0) is 35.0. The lowest BCUT2D eigenvalue weighted by Crippen LogP contribution is -1.93. The molecule has 10 aromatic rings. The Hall–Kier alpha value is -6.76. The van der Waals surface area contributed by atoms with Gasteiger partial charge in [0.05, 0.1) is 0 Å². The zero-order valence-electron chi connectivity index (χ0n) is 29.4. The van der Waals surface area contributed by atoms with Gasteiger partial charge >= 0.3 is 0 Å². The second kappa shape index (κ2) is 11.6. The van der Waals surface area contributed by atoms with Crippen molar-refractivity contribution in [3.05, 3.63) is 194 Å². The van der Waals surface area contributed by atoms with Gasteiger partial charge in [0.15, 0.2) is 0 Å². The first kappa shape index (κ1) is 29.9. The number of hydrogen-bond donors (Lipinski definition) is 0. The largest absolute Gasteiger partial charge is 0.0622 e. The van der Waals surface area contributed by atoms with Crippen molar-refractivity contribution < 1.29 is 0 Å². The lowest BCUT2D eigenvalue weighted by Gasteiger charge is -2.20. The van der Waals surface area contributed by atoms with Crippen molar-refractivity contribution in [3.8, 4) is 66.8 Å². The Labute approximate surface area is 309 Å². The lowest BCUT2D eigenvalue weighted by atomic mass is 9.82. The van der Waals surface area contributed by atoms with Crippen LogP contribution >= 0.6 is 0 Å². The Bertz CT molecular complexity index is 3000. The molecule has 0 nitrogen and oxygen atoms in total.